The molecule has 0 aromatic heterocycles. The number of halogens is 2. The summed E-state index contributed by atoms with van der Waals surface area (Å²) >= 11 is 6.65. The van der Waals surface area contributed by atoms with Gasteiger partial charge >= 0.3 is 5.97 Å². The summed E-state index contributed by atoms with van der Waals surface area (Å²) < 4.78 is 1.56. The molecule has 1 amide bonds. The molecule has 1 aromatic rings. The average molecular weight is 393 g/mol. The fraction of sp³-hybridized carbons (Fsp3) is 0.385. The summed E-state index contributed by atoms with van der Waals surface area (Å²) in [6, 6.07) is 5.38. The lowest BCUT2D eigenvalue weighted by atomic mass is 10.1. The summed E-state index contributed by atoms with van der Waals surface area (Å²) in [6.07, 6.45) is 0.673. The molecular weight excluding hydrogens is 378 g/mol. The first-order valence-electron chi connectivity index (χ1n) is 5.85. The minimum atomic E-state index is -0.812. The van der Waals surface area contributed by atoms with Gasteiger partial charge in [0.15, 0.2) is 0 Å². The Morgan fingerprint density at radius 2 is 2.05 bits per heavy atom. The number of hydrogen-bond donors (Lipinski definition) is 2. The van der Waals surface area contributed by atoms with Crippen molar-refractivity contribution in [3.63, 3.8) is 0 Å². The highest BCUT2D eigenvalue weighted by molar-refractivity contribution is 9.11. The lowest BCUT2D eigenvalue weighted by molar-refractivity contribution is -0.137. The van der Waals surface area contributed by atoms with Crippen molar-refractivity contribution >= 4 is 43.7 Å². The molecule has 0 saturated heterocycles. The molecule has 1 rings (SSSR count). The van der Waals surface area contributed by atoms with Gasteiger partial charge in [-0.3, -0.25) is 9.59 Å². The van der Waals surface area contributed by atoms with Gasteiger partial charge in [0.25, 0.3) is 5.91 Å². The summed E-state index contributed by atoms with van der Waals surface area (Å²) in [5.41, 5.74) is 0.555. The summed E-state index contributed by atoms with van der Waals surface area (Å²) in [4.78, 5) is 22.4. The predicted molar refractivity (Wildman–Crippen MR) is 80.2 cm³/mol. The smallest absolute Gasteiger partial charge is 0.303 e. The van der Waals surface area contributed by atoms with E-state index < -0.39 is 5.97 Å². The van der Waals surface area contributed by atoms with E-state index in [-0.39, 0.29) is 18.2 Å². The standard InChI is InChI=1S/C13H15Br2NO3/c1-8(2-5-12(17)18)7-16-13(19)10-6-9(14)3-4-11(10)15/h3-4,6,8H,2,5,7H2,1H3,(H,16,19)(H,17,18). The van der Waals surface area contributed by atoms with E-state index in [4.69, 9.17) is 5.11 Å². The molecule has 0 saturated carbocycles. The van der Waals surface area contributed by atoms with Crippen molar-refractivity contribution in [2.75, 3.05) is 6.54 Å². The van der Waals surface area contributed by atoms with E-state index >= 15 is 0 Å². The maximum Gasteiger partial charge on any atom is 0.303 e. The first kappa shape index (κ1) is 16.2. The number of nitrogens with one attached hydrogen (secondary N) is 1. The number of benzene rings is 1. The van der Waals surface area contributed by atoms with Crippen molar-refractivity contribution in [3.05, 3.63) is 32.7 Å². The van der Waals surface area contributed by atoms with Crippen molar-refractivity contribution in [1.82, 2.24) is 5.32 Å². The number of hydrogen-bond acceptors (Lipinski definition) is 2. The van der Waals surface area contributed by atoms with Gasteiger partial charge in [-0.25, -0.2) is 0 Å². The first-order valence-corrected chi connectivity index (χ1v) is 7.43. The van der Waals surface area contributed by atoms with Crippen molar-refractivity contribution in [2.24, 2.45) is 5.92 Å². The van der Waals surface area contributed by atoms with Crippen LogP contribution in [0.15, 0.2) is 27.1 Å². The van der Waals surface area contributed by atoms with Crippen LogP contribution in [0, 0.1) is 5.92 Å². The fourth-order valence-electron chi connectivity index (χ4n) is 1.51. The molecule has 104 valence electrons. The largest absolute Gasteiger partial charge is 0.481 e. The monoisotopic (exact) mass is 391 g/mol. The SMILES string of the molecule is CC(CCC(=O)O)CNC(=O)c1cc(Br)ccc1Br. The average Bonchev–Trinajstić information content (AvgIpc) is 2.36. The Hall–Kier alpha value is -0.880. The lowest BCUT2D eigenvalue weighted by Crippen LogP contribution is -2.28. The second-order valence-corrected chi connectivity index (χ2v) is 6.14. The Kier molecular flexibility index (Phi) is 6.51. The topological polar surface area (TPSA) is 66.4 Å². The molecule has 0 aliphatic rings. The molecule has 0 fully saturated rings. The number of aliphatic carboxylic acids is 1. The summed E-state index contributed by atoms with van der Waals surface area (Å²) in [5.74, 6) is -0.853. The number of rotatable bonds is 6. The van der Waals surface area contributed by atoms with Crippen LogP contribution in [0.5, 0.6) is 0 Å². The van der Waals surface area contributed by atoms with Crippen LogP contribution in [-0.4, -0.2) is 23.5 Å². The molecule has 19 heavy (non-hydrogen) atoms. The van der Waals surface area contributed by atoms with E-state index in [1.54, 1.807) is 12.1 Å². The van der Waals surface area contributed by atoms with Gasteiger partial charge in [0, 0.05) is 21.9 Å². The van der Waals surface area contributed by atoms with Crippen molar-refractivity contribution in [2.45, 2.75) is 19.8 Å². The second kappa shape index (κ2) is 7.65. The molecule has 0 aliphatic carbocycles. The highest BCUT2D eigenvalue weighted by Gasteiger charge is 2.12. The van der Waals surface area contributed by atoms with Gasteiger partial charge in [0.1, 0.15) is 0 Å². The molecule has 4 nitrogen and oxygen atoms in total. The molecule has 1 unspecified atom stereocenters. The van der Waals surface area contributed by atoms with Gasteiger partial charge in [-0.05, 0) is 46.5 Å². The van der Waals surface area contributed by atoms with E-state index in [9.17, 15) is 9.59 Å². The van der Waals surface area contributed by atoms with Gasteiger partial charge in [-0.1, -0.05) is 22.9 Å². The van der Waals surface area contributed by atoms with Crippen LogP contribution in [0.2, 0.25) is 0 Å². The maximum absolute atomic E-state index is 12.0. The molecule has 6 heteroatoms. The third-order valence-corrected chi connectivity index (χ3v) is 3.82. The quantitative estimate of drug-likeness (QED) is 0.779. The van der Waals surface area contributed by atoms with Gasteiger partial charge in [0.05, 0.1) is 5.56 Å². The van der Waals surface area contributed by atoms with E-state index in [1.165, 1.54) is 0 Å². The molecule has 0 radical (unpaired) electrons. The van der Waals surface area contributed by atoms with Gasteiger partial charge in [-0.2, -0.15) is 0 Å². The van der Waals surface area contributed by atoms with Crippen LogP contribution in [0.3, 0.4) is 0 Å². The molecule has 0 spiro atoms. The van der Waals surface area contributed by atoms with E-state index in [2.05, 4.69) is 37.2 Å². The van der Waals surface area contributed by atoms with Crippen LogP contribution < -0.4 is 5.32 Å². The Morgan fingerprint density at radius 1 is 1.37 bits per heavy atom. The molecule has 0 bridgehead atoms. The molecule has 1 atom stereocenters. The number of amides is 1. The highest BCUT2D eigenvalue weighted by Crippen LogP contribution is 2.21. The Bertz CT molecular complexity index is 477. The summed E-state index contributed by atoms with van der Waals surface area (Å²) in [6.45, 7) is 2.38. The van der Waals surface area contributed by atoms with Crippen molar-refractivity contribution in [3.8, 4) is 0 Å². The molecule has 2 N–H and O–H groups in total. The molecule has 0 heterocycles. The Balaban J connectivity index is 2.51. The van der Waals surface area contributed by atoms with Crippen LogP contribution in [0.25, 0.3) is 0 Å². The van der Waals surface area contributed by atoms with Crippen molar-refractivity contribution < 1.29 is 14.7 Å². The van der Waals surface area contributed by atoms with Gasteiger partial charge in [-0.15, -0.1) is 0 Å². The van der Waals surface area contributed by atoms with Crippen LogP contribution >= 0.6 is 31.9 Å². The lowest BCUT2D eigenvalue weighted by Gasteiger charge is -2.12. The fourth-order valence-corrected chi connectivity index (χ4v) is 2.29. The van der Waals surface area contributed by atoms with E-state index in [0.717, 1.165) is 8.95 Å². The van der Waals surface area contributed by atoms with Crippen LogP contribution in [-0.2, 0) is 4.79 Å². The van der Waals surface area contributed by atoms with Gasteiger partial charge < -0.3 is 10.4 Å². The van der Waals surface area contributed by atoms with E-state index in [0.29, 0.717) is 18.5 Å². The molecular formula is C13H15Br2NO3. The number of carboxylic acid groups (broad SMARTS) is 1. The second-order valence-electron chi connectivity index (χ2n) is 4.37. The highest BCUT2D eigenvalue weighted by atomic mass is 79.9. The van der Waals surface area contributed by atoms with Gasteiger partial charge in [0.2, 0.25) is 0 Å². The zero-order valence-corrected chi connectivity index (χ0v) is 13.6. The van der Waals surface area contributed by atoms with E-state index in [1.807, 2.05) is 13.0 Å². The third kappa shape index (κ3) is 5.74. The first-order chi connectivity index (χ1) is 8.90. The normalized spacial score (nSPS) is 11.9. The van der Waals surface area contributed by atoms with Crippen LogP contribution in [0.1, 0.15) is 30.1 Å². The maximum atomic E-state index is 12.0. The Labute approximate surface area is 128 Å². The Morgan fingerprint density at radius 3 is 2.68 bits per heavy atom. The predicted octanol–water partition coefficient (Wildman–Crippen LogP) is 3.44. The number of carbonyl (C=O) groups is 2. The molecule has 0 aliphatic heterocycles. The van der Waals surface area contributed by atoms with Crippen molar-refractivity contribution in [1.29, 1.82) is 0 Å². The molecule has 1 aromatic carbocycles. The number of carboxylic acids is 1. The van der Waals surface area contributed by atoms with Crippen LogP contribution in [0.4, 0.5) is 0 Å². The third-order valence-electron chi connectivity index (χ3n) is 2.64. The summed E-state index contributed by atoms with van der Waals surface area (Å²) in [7, 11) is 0. The summed E-state index contributed by atoms with van der Waals surface area (Å²) in [5, 5.41) is 11.4. The minimum absolute atomic E-state index is 0.123. The minimum Gasteiger partial charge on any atom is -0.481 e. The number of carbonyl (C=O) groups excluding carboxylic acids is 1. The zero-order chi connectivity index (χ0) is 14.4. The zero-order valence-electron chi connectivity index (χ0n) is 10.5.